The zero-order chi connectivity index (χ0) is 7.56. The summed E-state index contributed by atoms with van der Waals surface area (Å²) in [5.74, 6) is -0.0521. The molecule has 0 saturated heterocycles. The number of hydrogen-bond donors (Lipinski definition) is 2. The van der Waals surface area contributed by atoms with Gasteiger partial charge in [0.05, 0.1) is 6.67 Å². The maximum absolute atomic E-state index is 10.1. The Morgan fingerprint density at radius 1 is 1.90 bits per heavy atom. The van der Waals surface area contributed by atoms with E-state index in [0.29, 0.717) is 6.67 Å². The lowest BCUT2D eigenvalue weighted by Gasteiger charge is -2.16. The molecule has 1 aliphatic rings. The number of nitrogens with two attached hydrogens (primary N) is 1. The molecular weight excluding hydrogens is 138 g/mol. The number of guanidine groups is 1. The molecule has 1 aliphatic heterocycles. The highest BCUT2D eigenvalue weighted by atomic mass is 16.7. The minimum Gasteiger partial charge on any atom is -0.365 e. The highest BCUT2D eigenvalue weighted by Crippen LogP contribution is 1.90. The van der Waals surface area contributed by atoms with E-state index in [-0.39, 0.29) is 12.6 Å². The SMILES string of the molecule is NC1=NCNCN1[N+](=O)[O-]. The van der Waals surface area contributed by atoms with Crippen molar-refractivity contribution >= 4 is 5.96 Å². The first-order chi connectivity index (χ1) is 4.72. The van der Waals surface area contributed by atoms with Crippen molar-refractivity contribution in [2.45, 2.75) is 0 Å². The zero-order valence-electron chi connectivity index (χ0n) is 5.15. The van der Waals surface area contributed by atoms with Crippen LogP contribution in [0.2, 0.25) is 0 Å². The van der Waals surface area contributed by atoms with Crippen LogP contribution in [0, 0.1) is 10.1 Å². The molecule has 0 aliphatic carbocycles. The number of nitrogens with one attached hydrogen (secondary N) is 1. The predicted octanol–water partition coefficient (Wildman–Crippen LogP) is -1.69. The number of hydrazine groups is 1. The average Bonchev–Trinajstić information content (AvgIpc) is 1.88. The summed E-state index contributed by atoms with van der Waals surface area (Å²) >= 11 is 0. The highest BCUT2D eigenvalue weighted by Gasteiger charge is 2.20. The number of hydrogen-bond acceptors (Lipinski definition) is 5. The molecular formula is C3H7N5O2. The summed E-state index contributed by atoms with van der Waals surface area (Å²) in [6.45, 7) is 0.457. The van der Waals surface area contributed by atoms with E-state index in [9.17, 15) is 10.1 Å². The normalized spacial score (nSPS) is 18.4. The summed E-state index contributed by atoms with van der Waals surface area (Å²) in [4.78, 5) is 13.7. The first kappa shape index (κ1) is 6.75. The summed E-state index contributed by atoms with van der Waals surface area (Å²) in [5.41, 5.74) is 5.17. The Morgan fingerprint density at radius 2 is 2.60 bits per heavy atom. The first-order valence-electron chi connectivity index (χ1n) is 2.64. The second-order valence-corrected chi connectivity index (χ2v) is 1.72. The number of rotatable bonds is 1. The maximum atomic E-state index is 10.1. The lowest BCUT2D eigenvalue weighted by molar-refractivity contribution is -0.631. The van der Waals surface area contributed by atoms with Gasteiger partial charge in [0.2, 0.25) is 0 Å². The molecule has 0 aromatic heterocycles. The van der Waals surface area contributed by atoms with Gasteiger partial charge < -0.3 is 5.73 Å². The number of nitro groups is 1. The molecule has 0 aromatic rings. The third kappa shape index (κ3) is 1.13. The Bertz CT molecular complexity index is 178. The van der Waals surface area contributed by atoms with Crippen molar-refractivity contribution < 1.29 is 5.03 Å². The lowest BCUT2D eigenvalue weighted by atomic mass is 10.7. The fourth-order valence-corrected chi connectivity index (χ4v) is 0.597. The molecule has 0 amide bonds. The molecule has 0 radical (unpaired) electrons. The molecule has 0 fully saturated rings. The van der Waals surface area contributed by atoms with Crippen LogP contribution in [-0.4, -0.2) is 29.3 Å². The van der Waals surface area contributed by atoms with Crippen molar-refractivity contribution in [2.75, 3.05) is 13.3 Å². The van der Waals surface area contributed by atoms with Crippen LogP contribution in [0.15, 0.2) is 4.99 Å². The van der Waals surface area contributed by atoms with Gasteiger partial charge in [-0.1, -0.05) is 0 Å². The van der Waals surface area contributed by atoms with Crippen molar-refractivity contribution in [1.29, 1.82) is 0 Å². The minimum atomic E-state index is -0.606. The van der Waals surface area contributed by atoms with Gasteiger partial charge >= 0.3 is 0 Å². The minimum absolute atomic E-state index is 0.0521. The van der Waals surface area contributed by atoms with Crippen LogP contribution in [0.1, 0.15) is 0 Å². The van der Waals surface area contributed by atoms with Gasteiger partial charge in [-0.15, -0.1) is 0 Å². The molecule has 0 atom stereocenters. The summed E-state index contributed by atoms with van der Waals surface area (Å²) < 4.78 is 0. The van der Waals surface area contributed by atoms with Crippen LogP contribution < -0.4 is 11.1 Å². The van der Waals surface area contributed by atoms with Gasteiger partial charge in [-0.3, -0.25) is 5.32 Å². The molecule has 0 aromatic carbocycles. The third-order valence-corrected chi connectivity index (χ3v) is 1.08. The van der Waals surface area contributed by atoms with E-state index >= 15 is 0 Å². The number of aliphatic imine (C=N–C) groups is 1. The fourth-order valence-electron chi connectivity index (χ4n) is 0.597. The molecule has 10 heavy (non-hydrogen) atoms. The van der Waals surface area contributed by atoms with Gasteiger partial charge in [0.15, 0.2) is 5.03 Å². The molecule has 7 nitrogen and oxygen atoms in total. The van der Waals surface area contributed by atoms with E-state index in [1.54, 1.807) is 0 Å². The Labute approximate surface area is 56.6 Å². The smallest absolute Gasteiger partial charge is 0.257 e. The molecule has 1 rings (SSSR count). The zero-order valence-corrected chi connectivity index (χ0v) is 5.15. The van der Waals surface area contributed by atoms with E-state index in [1.807, 2.05) is 0 Å². The Hall–Kier alpha value is -1.37. The summed E-state index contributed by atoms with van der Waals surface area (Å²) in [7, 11) is 0. The van der Waals surface area contributed by atoms with Gasteiger partial charge in [-0.05, 0) is 5.01 Å². The van der Waals surface area contributed by atoms with Gasteiger partial charge in [0, 0.05) is 0 Å². The van der Waals surface area contributed by atoms with Crippen LogP contribution >= 0.6 is 0 Å². The van der Waals surface area contributed by atoms with Crippen molar-refractivity contribution in [3.05, 3.63) is 10.1 Å². The molecule has 0 spiro atoms. The largest absolute Gasteiger partial charge is 0.365 e. The van der Waals surface area contributed by atoms with Gasteiger partial charge in [-0.2, -0.15) is 0 Å². The van der Waals surface area contributed by atoms with Crippen LogP contribution in [0.4, 0.5) is 0 Å². The number of nitrogens with zero attached hydrogens (tertiary/aromatic N) is 3. The summed E-state index contributed by atoms with van der Waals surface area (Å²) in [6, 6.07) is 0. The molecule has 7 heteroatoms. The highest BCUT2D eigenvalue weighted by molar-refractivity contribution is 5.77. The summed E-state index contributed by atoms with van der Waals surface area (Å²) in [6.07, 6.45) is 0. The van der Waals surface area contributed by atoms with Crippen LogP contribution in [0.25, 0.3) is 0 Å². The van der Waals surface area contributed by atoms with Crippen LogP contribution in [-0.2, 0) is 0 Å². The molecule has 3 N–H and O–H groups in total. The Morgan fingerprint density at radius 3 is 3.00 bits per heavy atom. The Balaban J connectivity index is 2.67. The fraction of sp³-hybridized carbons (Fsp3) is 0.667. The van der Waals surface area contributed by atoms with Crippen LogP contribution in [0.5, 0.6) is 0 Å². The van der Waals surface area contributed by atoms with Crippen molar-refractivity contribution in [1.82, 2.24) is 10.3 Å². The molecule has 1 heterocycles. The topological polar surface area (TPSA) is 96.8 Å². The van der Waals surface area contributed by atoms with Gasteiger partial charge in [0.1, 0.15) is 6.67 Å². The standard InChI is InChI=1S/C3H7N5O2/c4-3-6-1-5-2-7(3)8(9)10/h5H,1-2H2,(H2,4,6). The second-order valence-electron chi connectivity index (χ2n) is 1.72. The summed E-state index contributed by atoms with van der Waals surface area (Å²) in [5, 5.41) is 12.9. The monoisotopic (exact) mass is 145 g/mol. The predicted molar refractivity (Wildman–Crippen MR) is 33.3 cm³/mol. The maximum Gasteiger partial charge on any atom is 0.257 e. The van der Waals surface area contributed by atoms with E-state index < -0.39 is 5.03 Å². The Kier molecular flexibility index (Phi) is 1.67. The first-order valence-corrected chi connectivity index (χ1v) is 2.64. The molecule has 0 bridgehead atoms. The average molecular weight is 145 g/mol. The second kappa shape index (κ2) is 2.48. The van der Waals surface area contributed by atoms with Crippen molar-refractivity contribution in [3.63, 3.8) is 0 Å². The quantitative estimate of drug-likeness (QED) is 0.339. The molecule has 0 unspecified atom stereocenters. The van der Waals surface area contributed by atoms with E-state index in [2.05, 4.69) is 10.3 Å². The molecule has 56 valence electrons. The van der Waals surface area contributed by atoms with Gasteiger partial charge in [0.25, 0.3) is 5.96 Å². The van der Waals surface area contributed by atoms with Crippen molar-refractivity contribution in [2.24, 2.45) is 10.7 Å². The van der Waals surface area contributed by atoms with Crippen molar-refractivity contribution in [3.8, 4) is 0 Å². The van der Waals surface area contributed by atoms with Crippen LogP contribution in [0.3, 0.4) is 0 Å². The van der Waals surface area contributed by atoms with E-state index in [0.717, 1.165) is 5.01 Å². The van der Waals surface area contributed by atoms with E-state index in [4.69, 9.17) is 5.73 Å². The lowest BCUT2D eigenvalue weighted by Crippen LogP contribution is -2.50. The van der Waals surface area contributed by atoms with Gasteiger partial charge in [-0.25, -0.2) is 15.1 Å². The molecule has 0 saturated carbocycles. The van der Waals surface area contributed by atoms with E-state index in [1.165, 1.54) is 0 Å². The third-order valence-electron chi connectivity index (χ3n) is 1.08.